The maximum absolute atomic E-state index is 9.47. The van der Waals surface area contributed by atoms with Crippen LogP contribution in [-0.2, 0) is 0 Å². The first kappa shape index (κ1) is 9.49. The smallest absolute Gasteiger partial charge is 0.0912 e. The molecule has 0 amide bonds. The summed E-state index contributed by atoms with van der Waals surface area (Å²) in [5.74, 6) is 0. The van der Waals surface area contributed by atoms with Crippen LogP contribution in [0.1, 0.15) is 24.5 Å². The molecule has 1 fully saturated rings. The molecule has 0 spiro atoms. The largest absolute Gasteiger partial charge is 0.387 e. The molecule has 4 N–H and O–H groups in total. The molecular weight excluding hydrogens is 176 g/mol. The van der Waals surface area contributed by atoms with Crippen molar-refractivity contribution in [3.8, 4) is 0 Å². The molecule has 1 aromatic carbocycles. The van der Waals surface area contributed by atoms with Crippen LogP contribution in [0, 0.1) is 0 Å². The van der Waals surface area contributed by atoms with Gasteiger partial charge in [0.25, 0.3) is 0 Å². The predicted octanol–water partition coefficient (Wildman–Crippen LogP) is 1.25. The Labute approximate surface area is 83.9 Å². The van der Waals surface area contributed by atoms with Gasteiger partial charge in [-0.2, -0.15) is 0 Å². The standard InChI is InChI=1S/C11H16N2O/c12-7-11(14)8-1-3-9(4-2-8)13-10-5-6-10/h1-4,10-11,13-14H,5-7,12H2. The number of aliphatic hydroxyl groups is 1. The van der Waals surface area contributed by atoms with Crippen LogP contribution < -0.4 is 11.1 Å². The normalized spacial score (nSPS) is 17.9. The monoisotopic (exact) mass is 192 g/mol. The van der Waals surface area contributed by atoms with Crippen molar-refractivity contribution in [2.45, 2.75) is 25.0 Å². The fourth-order valence-corrected chi connectivity index (χ4v) is 1.40. The van der Waals surface area contributed by atoms with Crippen LogP contribution in [0.25, 0.3) is 0 Å². The van der Waals surface area contributed by atoms with Crippen LogP contribution in [0.2, 0.25) is 0 Å². The molecule has 0 heterocycles. The average Bonchev–Trinajstić information content (AvgIpc) is 3.02. The van der Waals surface area contributed by atoms with Gasteiger partial charge in [-0.3, -0.25) is 0 Å². The van der Waals surface area contributed by atoms with E-state index < -0.39 is 6.10 Å². The van der Waals surface area contributed by atoms with E-state index in [1.807, 2.05) is 24.3 Å². The summed E-state index contributed by atoms with van der Waals surface area (Å²) in [5, 5.41) is 12.9. The first-order valence-electron chi connectivity index (χ1n) is 5.04. The highest BCUT2D eigenvalue weighted by Crippen LogP contribution is 2.25. The molecule has 14 heavy (non-hydrogen) atoms. The van der Waals surface area contributed by atoms with E-state index in [2.05, 4.69) is 5.32 Å². The van der Waals surface area contributed by atoms with Gasteiger partial charge in [0, 0.05) is 18.3 Å². The molecule has 1 atom stereocenters. The molecule has 0 aromatic heterocycles. The zero-order chi connectivity index (χ0) is 9.97. The molecule has 0 bridgehead atoms. The van der Waals surface area contributed by atoms with Gasteiger partial charge in [-0.1, -0.05) is 12.1 Å². The number of hydrogen-bond acceptors (Lipinski definition) is 3. The predicted molar refractivity (Wildman–Crippen MR) is 57.1 cm³/mol. The van der Waals surface area contributed by atoms with Crippen molar-refractivity contribution in [1.29, 1.82) is 0 Å². The Balaban J connectivity index is 2.01. The molecule has 1 unspecified atom stereocenters. The van der Waals surface area contributed by atoms with Crippen LogP contribution in [0.15, 0.2) is 24.3 Å². The summed E-state index contributed by atoms with van der Waals surface area (Å²) >= 11 is 0. The summed E-state index contributed by atoms with van der Waals surface area (Å²) < 4.78 is 0. The van der Waals surface area contributed by atoms with Gasteiger partial charge in [0.2, 0.25) is 0 Å². The van der Waals surface area contributed by atoms with Crippen LogP contribution in [0.5, 0.6) is 0 Å². The molecule has 1 saturated carbocycles. The van der Waals surface area contributed by atoms with Gasteiger partial charge in [0.15, 0.2) is 0 Å². The van der Waals surface area contributed by atoms with Crippen LogP contribution in [-0.4, -0.2) is 17.7 Å². The lowest BCUT2D eigenvalue weighted by Crippen LogP contribution is -2.11. The third-order valence-electron chi connectivity index (χ3n) is 2.47. The van der Waals surface area contributed by atoms with Crippen molar-refractivity contribution < 1.29 is 5.11 Å². The van der Waals surface area contributed by atoms with Gasteiger partial charge in [0.05, 0.1) is 6.10 Å². The highest BCUT2D eigenvalue weighted by molar-refractivity contribution is 5.46. The highest BCUT2D eigenvalue weighted by atomic mass is 16.3. The second kappa shape index (κ2) is 3.98. The topological polar surface area (TPSA) is 58.3 Å². The number of nitrogens with one attached hydrogen (secondary N) is 1. The molecule has 0 radical (unpaired) electrons. The summed E-state index contributed by atoms with van der Waals surface area (Å²) in [5.41, 5.74) is 7.38. The number of aliphatic hydroxyl groups excluding tert-OH is 1. The quantitative estimate of drug-likeness (QED) is 0.673. The van der Waals surface area contributed by atoms with Crippen molar-refractivity contribution in [3.63, 3.8) is 0 Å². The number of nitrogens with two attached hydrogens (primary N) is 1. The second-order valence-corrected chi connectivity index (χ2v) is 3.79. The minimum absolute atomic E-state index is 0.273. The lowest BCUT2D eigenvalue weighted by molar-refractivity contribution is 0.187. The van der Waals surface area contributed by atoms with Crippen LogP contribution >= 0.6 is 0 Å². The lowest BCUT2D eigenvalue weighted by Gasteiger charge is -2.09. The first-order valence-corrected chi connectivity index (χ1v) is 5.04. The Morgan fingerprint density at radius 2 is 2.00 bits per heavy atom. The van der Waals surface area contributed by atoms with Gasteiger partial charge in [-0.25, -0.2) is 0 Å². The van der Waals surface area contributed by atoms with E-state index in [9.17, 15) is 5.11 Å². The molecule has 0 aliphatic heterocycles. The van der Waals surface area contributed by atoms with E-state index in [0.29, 0.717) is 6.04 Å². The Bertz CT molecular complexity index is 293. The Kier molecular flexibility index (Phi) is 2.70. The Morgan fingerprint density at radius 3 is 2.50 bits per heavy atom. The number of benzene rings is 1. The van der Waals surface area contributed by atoms with Crippen molar-refractivity contribution in [2.75, 3.05) is 11.9 Å². The van der Waals surface area contributed by atoms with Gasteiger partial charge in [0.1, 0.15) is 0 Å². The maximum atomic E-state index is 9.47. The van der Waals surface area contributed by atoms with Crippen molar-refractivity contribution in [2.24, 2.45) is 5.73 Å². The van der Waals surface area contributed by atoms with E-state index in [1.54, 1.807) is 0 Å². The van der Waals surface area contributed by atoms with E-state index >= 15 is 0 Å². The molecule has 3 heteroatoms. The molecular formula is C11H16N2O. The second-order valence-electron chi connectivity index (χ2n) is 3.79. The zero-order valence-corrected chi connectivity index (χ0v) is 8.11. The Hall–Kier alpha value is -1.06. The first-order chi connectivity index (χ1) is 6.79. The fourth-order valence-electron chi connectivity index (χ4n) is 1.40. The minimum Gasteiger partial charge on any atom is -0.387 e. The van der Waals surface area contributed by atoms with Crippen molar-refractivity contribution in [3.05, 3.63) is 29.8 Å². The van der Waals surface area contributed by atoms with E-state index in [4.69, 9.17) is 5.73 Å². The van der Waals surface area contributed by atoms with E-state index in [0.717, 1.165) is 11.3 Å². The molecule has 76 valence electrons. The summed E-state index contributed by atoms with van der Waals surface area (Å²) in [6.45, 7) is 0.273. The number of anilines is 1. The fraction of sp³-hybridized carbons (Fsp3) is 0.455. The molecule has 3 nitrogen and oxygen atoms in total. The number of rotatable bonds is 4. The molecule has 2 rings (SSSR count). The summed E-state index contributed by atoms with van der Waals surface area (Å²) in [4.78, 5) is 0. The highest BCUT2D eigenvalue weighted by Gasteiger charge is 2.20. The van der Waals surface area contributed by atoms with Crippen molar-refractivity contribution >= 4 is 5.69 Å². The third kappa shape index (κ3) is 2.25. The van der Waals surface area contributed by atoms with Gasteiger partial charge in [-0.15, -0.1) is 0 Å². The summed E-state index contributed by atoms with van der Waals surface area (Å²) in [6, 6.07) is 8.49. The zero-order valence-electron chi connectivity index (χ0n) is 8.11. The van der Waals surface area contributed by atoms with Crippen LogP contribution in [0.3, 0.4) is 0 Å². The summed E-state index contributed by atoms with van der Waals surface area (Å²) in [6.07, 6.45) is 2.00. The minimum atomic E-state index is -0.537. The van der Waals surface area contributed by atoms with Crippen LogP contribution in [0.4, 0.5) is 5.69 Å². The van der Waals surface area contributed by atoms with Gasteiger partial charge < -0.3 is 16.2 Å². The lowest BCUT2D eigenvalue weighted by atomic mass is 10.1. The van der Waals surface area contributed by atoms with E-state index in [-0.39, 0.29) is 6.54 Å². The van der Waals surface area contributed by atoms with Gasteiger partial charge in [-0.05, 0) is 30.5 Å². The Morgan fingerprint density at radius 1 is 1.36 bits per heavy atom. The molecule has 1 aromatic rings. The number of hydrogen-bond donors (Lipinski definition) is 3. The third-order valence-corrected chi connectivity index (χ3v) is 2.47. The van der Waals surface area contributed by atoms with E-state index in [1.165, 1.54) is 12.8 Å². The van der Waals surface area contributed by atoms with Gasteiger partial charge >= 0.3 is 0 Å². The molecule has 0 saturated heterocycles. The SMILES string of the molecule is NCC(O)c1ccc(NC2CC2)cc1. The maximum Gasteiger partial charge on any atom is 0.0912 e. The summed E-state index contributed by atoms with van der Waals surface area (Å²) in [7, 11) is 0. The molecule has 1 aliphatic carbocycles. The average molecular weight is 192 g/mol. The molecule has 1 aliphatic rings. The van der Waals surface area contributed by atoms with Crippen molar-refractivity contribution in [1.82, 2.24) is 0 Å².